The number of alkyl carbamates (subject to hydrolysis) is 1. The average molecular weight is 241 g/mol. The highest BCUT2D eigenvalue weighted by atomic mass is 16.6. The quantitative estimate of drug-likeness (QED) is 0.772. The normalized spacial score (nSPS) is 25.1. The number of hydrogen-bond donors (Lipinski definition) is 1. The smallest absolute Gasteiger partial charge is 0.407 e. The molecule has 0 radical (unpaired) electrons. The molecular weight excluding hydrogens is 218 g/mol. The number of carbonyl (C=O) groups excluding carboxylic acids is 2. The number of aldehydes is 1. The van der Waals surface area contributed by atoms with Crippen molar-refractivity contribution in [2.24, 2.45) is 11.8 Å². The Morgan fingerprint density at radius 2 is 2.12 bits per heavy atom. The van der Waals surface area contributed by atoms with E-state index in [0.717, 1.165) is 32.0 Å². The second kappa shape index (κ2) is 6.03. The summed E-state index contributed by atoms with van der Waals surface area (Å²) in [6, 6.07) is 0. The Bertz CT molecular complexity index is 270. The minimum absolute atomic E-state index is 0.175. The fourth-order valence-corrected chi connectivity index (χ4v) is 2.18. The lowest BCUT2D eigenvalue weighted by Crippen LogP contribution is -2.36. The lowest BCUT2D eigenvalue weighted by molar-refractivity contribution is -0.112. The fourth-order valence-electron chi connectivity index (χ4n) is 2.18. The number of nitrogens with one attached hydrogen (secondary N) is 1. The first kappa shape index (κ1) is 14.0. The number of amides is 1. The highest BCUT2D eigenvalue weighted by molar-refractivity contribution is 5.67. The second-order valence-electron chi connectivity index (χ2n) is 5.81. The van der Waals surface area contributed by atoms with E-state index < -0.39 is 5.60 Å². The first-order valence-corrected chi connectivity index (χ1v) is 6.33. The molecule has 1 aliphatic carbocycles. The molecule has 1 aliphatic rings. The van der Waals surface area contributed by atoms with Gasteiger partial charge in [0, 0.05) is 12.5 Å². The first-order valence-electron chi connectivity index (χ1n) is 6.33. The van der Waals surface area contributed by atoms with E-state index in [1.54, 1.807) is 0 Å². The zero-order valence-corrected chi connectivity index (χ0v) is 11.0. The molecule has 0 aromatic heterocycles. The second-order valence-corrected chi connectivity index (χ2v) is 5.81. The summed E-state index contributed by atoms with van der Waals surface area (Å²) in [5, 5.41) is 2.78. The van der Waals surface area contributed by atoms with Gasteiger partial charge in [-0.05, 0) is 46.0 Å². The van der Waals surface area contributed by atoms with Gasteiger partial charge >= 0.3 is 6.09 Å². The summed E-state index contributed by atoms with van der Waals surface area (Å²) in [5.74, 6) is 0.584. The van der Waals surface area contributed by atoms with Crippen LogP contribution in [0.25, 0.3) is 0 Å². The maximum atomic E-state index is 11.4. The molecule has 4 heteroatoms. The van der Waals surface area contributed by atoms with Gasteiger partial charge in [0.1, 0.15) is 11.9 Å². The molecule has 98 valence electrons. The van der Waals surface area contributed by atoms with Crippen molar-refractivity contribution in [3.8, 4) is 0 Å². The lowest BCUT2D eigenvalue weighted by atomic mass is 9.82. The van der Waals surface area contributed by atoms with Crippen molar-refractivity contribution in [2.45, 2.75) is 52.1 Å². The van der Waals surface area contributed by atoms with Crippen LogP contribution < -0.4 is 5.32 Å². The molecule has 1 saturated carbocycles. The van der Waals surface area contributed by atoms with Gasteiger partial charge in [0.2, 0.25) is 0 Å². The monoisotopic (exact) mass is 241 g/mol. The third-order valence-corrected chi connectivity index (χ3v) is 2.95. The van der Waals surface area contributed by atoms with Crippen LogP contribution in [0.2, 0.25) is 0 Å². The van der Waals surface area contributed by atoms with Crippen LogP contribution in [0.15, 0.2) is 0 Å². The molecule has 2 atom stereocenters. The molecule has 1 rings (SSSR count). The van der Waals surface area contributed by atoms with Gasteiger partial charge in [-0.2, -0.15) is 0 Å². The predicted octanol–water partition coefficient (Wildman–Crippen LogP) is 2.52. The molecule has 4 nitrogen and oxygen atoms in total. The molecule has 0 heterocycles. The molecule has 0 saturated heterocycles. The van der Waals surface area contributed by atoms with Gasteiger partial charge < -0.3 is 14.8 Å². The summed E-state index contributed by atoms with van der Waals surface area (Å²) in [7, 11) is 0. The first-order chi connectivity index (χ1) is 7.90. The molecule has 0 aromatic carbocycles. The Kier molecular flexibility index (Phi) is 4.97. The molecule has 17 heavy (non-hydrogen) atoms. The van der Waals surface area contributed by atoms with E-state index in [4.69, 9.17) is 4.74 Å². The van der Waals surface area contributed by atoms with Crippen molar-refractivity contribution in [3.63, 3.8) is 0 Å². The number of rotatable bonds is 3. The fraction of sp³-hybridized carbons (Fsp3) is 0.846. The third kappa shape index (κ3) is 5.71. The van der Waals surface area contributed by atoms with Gasteiger partial charge in [0.05, 0.1) is 0 Å². The molecule has 0 spiro atoms. The Hall–Kier alpha value is -1.06. The third-order valence-electron chi connectivity index (χ3n) is 2.95. The summed E-state index contributed by atoms with van der Waals surface area (Å²) >= 11 is 0. The maximum absolute atomic E-state index is 11.4. The lowest BCUT2D eigenvalue weighted by Gasteiger charge is -2.26. The van der Waals surface area contributed by atoms with Crippen molar-refractivity contribution in [1.29, 1.82) is 0 Å². The minimum Gasteiger partial charge on any atom is -0.444 e. The van der Waals surface area contributed by atoms with Crippen LogP contribution in [0.3, 0.4) is 0 Å². The average Bonchev–Trinajstić information content (AvgIpc) is 2.24. The van der Waals surface area contributed by atoms with Crippen LogP contribution in [-0.4, -0.2) is 24.5 Å². The van der Waals surface area contributed by atoms with E-state index in [1.807, 2.05) is 20.8 Å². The molecule has 1 amide bonds. The van der Waals surface area contributed by atoms with E-state index in [0.29, 0.717) is 12.5 Å². The van der Waals surface area contributed by atoms with Gasteiger partial charge in [0.15, 0.2) is 0 Å². The summed E-state index contributed by atoms with van der Waals surface area (Å²) in [5.41, 5.74) is -0.456. The van der Waals surface area contributed by atoms with Gasteiger partial charge in [-0.25, -0.2) is 4.79 Å². The zero-order valence-electron chi connectivity index (χ0n) is 11.0. The largest absolute Gasteiger partial charge is 0.444 e. The van der Waals surface area contributed by atoms with E-state index in [-0.39, 0.29) is 12.0 Å². The molecule has 0 bridgehead atoms. The number of hydrogen-bond acceptors (Lipinski definition) is 3. The van der Waals surface area contributed by atoms with Crippen molar-refractivity contribution in [1.82, 2.24) is 5.32 Å². The van der Waals surface area contributed by atoms with E-state index in [9.17, 15) is 9.59 Å². The number of ether oxygens (including phenoxy) is 1. The van der Waals surface area contributed by atoms with Crippen molar-refractivity contribution in [2.75, 3.05) is 6.54 Å². The Balaban J connectivity index is 2.26. The van der Waals surface area contributed by atoms with Crippen LogP contribution in [0.1, 0.15) is 46.5 Å². The van der Waals surface area contributed by atoms with Crippen LogP contribution >= 0.6 is 0 Å². The zero-order chi connectivity index (χ0) is 12.9. The van der Waals surface area contributed by atoms with Crippen LogP contribution in [0.5, 0.6) is 0 Å². The number of carbonyl (C=O) groups is 2. The summed E-state index contributed by atoms with van der Waals surface area (Å²) in [4.78, 5) is 22.2. The van der Waals surface area contributed by atoms with Crippen LogP contribution in [0, 0.1) is 11.8 Å². The van der Waals surface area contributed by atoms with Crippen molar-refractivity contribution < 1.29 is 14.3 Å². The van der Waals surface area contributed by atoms with E-state index in [1.165, 1.54) is 0 Å². The van der Waals surface area contributed by atoms with Crippen molar-refractivity contribution in [3.05, 3.63) is 0 Å². The predicted molar refractivity (Wildman–Crippen MR) is 65.7 cm³/mol. The molecular formula is C13H23NO3. The Labute approximate surface area is 103 Å². The minimum atomic E-state index is -0.456. The topological polar surface area (TPSA) is 55.4 Å². The van der Waals surface area contributed by atoms with E-state index >= 15 is 0 Å². The van der Waals surface area contributed by atoms with Crippen molar-refractivity contribution >= 4 is 12.4 Å². The van der Waals surface area contributed by atoms with Gasteiger partial charge in [-0.15, -0.1) is 0 Å². The summed E-state index contributed by atoms with van der Waals surface area (Å²) < 4.78 is 5.16. The SMILES string of the molecule is CC(C)(C)OC(=O)NC[C@H]1CCC[C@@H](C=O)C1. The molecule has 1 N–H and O–H groups in total. The van der Waals surface area contributed by atoms with Gasteiger partial charge in [-0.1, -0.05) is 6.42 Å². The molecule has 0 unspecified atom stereocenters. The highest BCUT2D eigenvalue weighted by Crippen LogP contribution is 2.27. The molecule has 0 aliphatic heterocycles. The Morgan fingerprint density at radius 1 is 1.41 bits per heavy atom. The maximum Gasteiger partial charge on any atom is 0.407 e. The van der Waals surface area contributed by atoms with Gasteiger partial charge in [0.25, 0.3) is 0 Å². The van der Waals surface area contributed by atoms with Gasteiger partial charge in [-0.3, -0.25) is 0 Å². The summed E-state index contributed by atoms with van der Waals surface area (Å²) in [6.45, 7) is 6.14. The standard InChI is InChI=1S/C13H23NO3/c1-13(2,3)17-12(16)14-8-10-5-4-6-11(7-10)9-15/h9-11H,4-8H2,1-3H3,(H,14,16)/t10-,11+/m0/s1. The highest BCUT2D eigenvalue weighted by Gasteiger charge is 2.23. The summed E-state index contributed by atoms with van der Waals surface area (Å²) in [6.07, 6.45) is 4.71. The van der Waals surface area contributed by atoms with E-state index in [2.05, 4.69) is 5.32 Å². The van der Waals surface area contributed by atoms with Crippen LogP contribution in [0.4, 0.5) is 4.79 Å². The molecule has 0 aromatic rings. The Morgan fingerprint density at radius 3 is 2.71 bits per heavy atom. The molecule has 1 fully saturated rings. The van der Waals surface area contributed by atoms with Crippen LogP contribution in [-0.2, 0) is 9.53 Å².